The first kappa shape index (κ1) is 7.44. The molecule has 1 rings (SSSR count). The lowest BCUT2D eigenvalue weighted by atomic mass is 10.3. The summed E-state index contributed by atoms with van der Waals surface area (Å²) < 4.78 is 16.3. The largest absolute Gasteiger partial charge is 0.447 e. The van der Waals surface area contributed by atoms with Crippen molar-refractivity contribution in [1.82, 2.24) is 0 Å². The quantitative estimate of drug-likeness (QED) is 0.395. The Morgan fingerprint density at radius 2 is 2.40 bits per heavy atom. The van der Waals surface area contributed by atoms with Gasteiger partial charge in [-0.15, -0.1) is 6.42 Å². The van der Waals surface area contributed by atoms with Crippen molar-refractivity contribution in [3.8, 4) is 12.3 Å². The van der Waals surface area contributed by atoms with Crippen LogP contribution >= 0.6 is 7.37 Å². The fourth-order valence-corrected chi connectivity index (χ4v) is 2.57. The van der Waals surface area contributed by atoms with Gasteiger partial charge >= 0.3 is 0 Å². The highest BCUT2D eigenvalue weighted by Crippen LogP contribution is 2.52. The van der Waals surface area contributed by atoms with Crippen molar-refractivity contribution in [3.63, 3.8) is 0 Å². The van der Waals surface area contributed by atoms with Crippen LogP contribution in [-0.2, 0) is 9.09 Å². The second kappa shape index (κ2) is 2.18. The van der Waals surface area contributed by atoms with Gasteiger partial charge in [0.05, 0.1) is 11.7 Å². The van der Waals surface area contributed by atoms with Crippen LogP contribution in [0.1, 0.15) is 6.92 Å². The van der Waals surface area contributed by atoms with Crippen LogP contribution in [0.5, 0.6) is 0 Å². The van der Waals surface area contributed by atoms with E-state index in [1.165, 1.54) is 0 Å². The van der Waals surface area contributed by atoms with Crippen LogP contribution in [0.15, 0.2) is 11.3 Å². The molecule has 0 aliphatic carbocycles. The van der Waals surface area contributed by atoms with E-state index in [4.69, 9.17) is 10.9 Å². The lowest BCUT2D eigenvalue weighted by molar-refractivity contribution is 0.424. The minimum atomic E-state index is -2.39. The number of hydrogen-bond acceptors (Lipinski definition) is 2. The van der Waals surface area contributed by atoms with Gasteiger partial charge in [-0.1, -0.05) is 5.92 Å². The normalized spacial score (nSPS) is 31.7. The average molecular weight is 156 g/mol. The van der Waals surface area contributed by atoms with E-state index in [1.807, 2.05) is 0 Å². The first-order valence-electron chi connectivity index (χ1n) is 2.97. The minimum Gasteiger partial charge on any atom is -0.447 e. The molecule has 10 heavy (non-hydrogen) atoms. The summed E-state index contributed by atoms with van der Waals surface area (Å²) in [6.07, 6.45) is 5.56. The maximum atomic E-state index is 11.2. The second-order valence-corrected chi connectivity index (χ2v) is 4.97. The molecule has 0 fully saturated rings. The molecular formula is C7H9O2P. The predicted octanol–water partition coefficient (Wildman–Crippen LogP) is 1.83. The molecule has 1 heterocycles. The zero-order valence-corrected chi connectivity index (χ0v) is 6.94. The van der Waals surface area contributed by atoms with Gasteiger partial charge < -0.3 is 4.52 Å². The molecule has 54 valence electrons. The monoisotopic (exact) mass is 156 g/mol. The third kappa shape index (κ3) is 1.25. The molecule has 0 aromatic rings. The lowest BCUT2D eigenvalue weighted by Gasteiger charge is -2.03. The highest BCUT2D eigenvalue weighted by atomic mass is 31.2. The van der Waals surface area contributed by atoms with Crippen molar-refractivity contribution in [2.75, 3.05) is 12.8 Å². The number of terminal acetylenes is 1. The third-order valence-corrected chi connectivity index (χ3v) is 2.93. The van der Waals surface area contributed by atoms with Crippen molar-refractivity contribution in [2.24, 2.45) is 0 Å². The van der Waals surface area contributed by atoms with Crippen LogP contribution in [0, 0.1) is 12.3 Å². The standard InChI is InChI=1S/C7H9O2P/c1-4-7-5-10(3,8)9-6(7)2/h1H,5H2,2-3H3. The molecule has 0 spiro atoms. The summed E-state index contributed by atoms with van der Waals surface area (Å²) in [6, 6.07) is 0. The van der Waals surface area contributed by atoms with Gasteiger partial charge in [-0.3, -0.25) is 4.57 Å². The Balaban J connectivity index is 2.91. The SMILES string of the molecule is C#CC1=C(C)OP(C)(=O)C1. The van der Waals surface area contributed by atoms with E-state index in [0.29, 0.717) is 11.9 Å². The van der Waals surface area contributed by atoms with Gasteiger partial charge in [0.25, 0.3) is 0 Å². The Morgan fingerprint density at radius 3 is 2.60 bits per heavy atom. The van der Waals surface area contributed by atoms with Crippen LogP contribution in [0.3, 0.4) is 0 Å². The van der Waals surface area contributed by atoms with Crippen LogP contribution in [0.2, 0.25) is 0 Å². The van der Waals surface area contributed by atoms with E-state index >= 15 is 0 Å². The summed E-state index contributed by atoms with van der Waals surface area (Å²) >= 11 is 0. The van der Waals surface area contributed by atoms with E-state index in [1.54, 1.807) is 13.6 Å². The molecule has 0 saturated carbocycles. The fourth-order valence-electron chi connectivity index (χ4n) is 0.923. The van der Waals surface area contributed by atoms with Crippen LogP contribution < -0.4 is 0 Å². The van der Waals surface area contributed by atoms with Gasteiger partial charge in [0, 0.05) is 6.66 Å². The van der Waals surface area contributed by atoms with Crippen LogP contribution in [0.25, 0.3) is 0 Å². The van der Waals surface area contributed by atoms with E-state index in [0.717, 1.165) is 5.57 Å². The van der Waals surface area contributed by atoms with E-state index < -0.39 is 7.37 Å². The average Bonchev–Trinajstić information content (AvgIpc) is 2.05. The number of allylic oxidation sites excluding steroid dienone is 2. The maximum absolute atomic E-state index is 11.2. The van der Waals surface area contributed by atoms with Crippen molar-refractivity contribution in [3.05, 3.63) is 11.3 Å². The molecule has 2 nitrogen and oxygen atoms in total. The van der Waals surface area contributed by atoms with E-state index in [2.05, 4.69) is 5.92 Å². The Kier molecular flexibility index (Phi) is 1.62. The molecule has 1 aliphatic heterocycles. The Hall–Kier alpha value is -0.670. The molecular weight excluding hydrogens is 147 g/mol. The van der Waals surface area contributed by atoms with Gasteiger partial charge in [-0.05, 0) is 6.92 Å². The summed E-state index contributed by atoms with van der Waals surface area (Å²) in [6.45, 7) is 3.35. The molecule has 0 saturated heterocycles. The summed E-state index contributed by atoms with van der Waals surface area (Å²) in [5, 5.41) is 0. The van der Waals surface area contributed by atoms with Crippen molar-refractivity contribution in [1.29, 1.82) is 0 Å². The third-order valence-electron chi connectivity index (χ3n) is 1.37. The Labute approximate surface area is 60.7 Å². The van der Waals surface area contributed by atoms with Crippen molar-refractivity contribution >= 4 is 7.37 Å². The zero-order valence-electron chi connectivity index (χ0n) is 6.05. The minimum absolute atomic E-state index is 0.426. The molecule has 0 aromatic heterocycles. The number of hydrogen-bond donors (Lipinski definition) is 0. The summed E-state index contributed by atoms with van der Waals surface area (Å²) in [4.78, 5) is 0. The molecule has 0 aromatic carbocycles. The van der Waals surface area contributed by atoms with Crippen LogP contribution in [-0.4, -0.2) is 12.8 Å². The molecule has 0 radical (unpaired) electrons. The molecule has 1 aliphatic rings. The highest BCUT2D eigenvalue weighted by molar-refractivity contribution is 7.58. The maximum Gasteiger partial charge on any atom is 0.249 e. The first-order chi connectivity index (χ1) is 4.55. The van der Waals surface area contributed by atoms with E-state index in [-0.39, 0.29) is 0 Å². The topological polar surface area (TPSA) is 26.3 Å². The molecule has 3 heteroatoms. The summed E-state index contributed by atoms with van der Waals surface area (Å²) in [5.41, 5.74) is 0.742. The molecule has 0 bridgehead atoms. The van der Waals surface area contributed by atoms with E-state index in [9.17, 15) is 4.57 Å². The Morgan fingerprint density at radius 1 is 1.80 bits per heavy atom. The van der Waals surface area contributed by atoms with Gasteiger partial charge in [0.1, 0.15) is 5.76 Å². The summed E-state index contributed by atoms with van der Waals surface area (Å²) in [7, 11) is -2.39. The van der Waals surface area contributed by atoms with Gasteiger partial charge in [-0.25, -0.2) is 0 Å². The van der Waals surface area contributed by atoms with Crippen molar-refractivity contribution in [2.45, 2.75) is 6.92 Å². The first-order valence-corrected chi connectivity index (χ1v) is 5.23. The fraction of sp³-hybridized carbons (Fsp3) is 0.429. The second-order valence-electron chi connectivity index (χ2n) is 2.44. The van der Waals surface area contributed by atoms with Crippen molar-refractivity contribution < 1.29 is 9.09 Å². The smallest absolute Gasteiger partial charge is 0.249 e. The number of rotatable bonds is 0. The Bertz CT molecular complexity index is 270. The highest BCUT2D eigenvalue weighted by Gasteiger charge is 2.27. The predicted molar refractivity (Wildman–Crippen MR) is 41.0 cm³/mol. The zero-order chi connectivity index (χ0) is 7.78. The molecule has 1 atom stereocenters. The van der Waals surface area contributed by atoms with Gasteiger partial charge in [0.2, 0.25) is 7.37 Å². The molecule has 1 unspecified atom stereocenters. The van der Waals surface area contributed by atoms with Gasteiger partial charge in [-0.2, -0.15) is 0 Å². The van der Waals surface area contributed by atoms with Gasteiger partial charge in [0.15, 0.2) is 0 Å². The summed E-state index contributed by atoms with van der Waals surface area (Å²) in [5.74, 6) is 3.10. The molecule has 0 N–H and O–H groups in total. The van der Waals surface area contributed by atoms with Crippen LogP contribution in [0.4, 0.5) is 0 Å². The lowest BCUT2D eigenvalue weighted by Crippen LogP contribution is -1.80. The molecule has 0 amide bonds.